The average Bonchev–Trinajstić information content (AvgIpc) is 2.76. The fourth-order valence-corrected chi connectivity index (χ4v) is 3.09. The van der Waals surface area contributed by atoms with Crippen LogP contribution in [0.4, 0.5) is 5.69 Å². The topological polar surface area (TPSA) is 3.24 Å². The molecule has 0 fully saturated rings. The largest absolute Gasteiger partial charge is 0.345 e. The number of nitrogens with zero attached hydrogens (tertiary/aromatic N) is 1. The molecule has 3 heteroatoms. The Morgan fingerprint density at radius 2 is 1.84 bits per heavy atom. The van der Waals surface area contributed by atoms with E-state index >= 15 is 0 Å². The fourth-order valence-electron chi connectivity index (χ4n) is 2.39. The molecule has 0 saturated heterocycles. The van der Waals surface area contributed by atoms with E-state index in [4.69, 9.17) is 11.6 Å². The lowest BCUT2D eigenvalue weighted by atomic mass is 10.1. The van der Waals surface area contributed by atoms with Crippen LogP contribution in [0.3, 0.4) is 0 Å². The number of fused-ring (bicyclic) bond motifs is 1. The van der Waals surface area contributed by atoms with E-state index in [1.165, 1.54) is 21.7 Å². The number of anilines is 1. The molecule has 1 nitrogen and oxygen atoms in total. The number of halogens is 1. The van der Waals surface area contributed by atoms with Gasteiger partial charge in [-0.05, 0) is 35.6 Å². The van der Waals surface area contributed by atoms with Crippen LogP contribution in [-0.4, -0.2) is 6.26 Å². The second kappa shape index (κ2) is 5.48. The summed E-state index contributed by atoms with van der Waals surface area (Å²) in [5.41, 5.74) is 4.75. The van der Waals surface area contributed by atoms with Gasteiger partial charge in [-0.15, -0.1) is 11.8 Å². The van der Waals surface area contributed by atoms with Crippen molar-refractivity contribution in [3.05, 3.63) is 65.2 Å². The van der Waals surface area contributed by atoms with Crippen molar-refractivity contribution in [1.82, 2.24) is 0 Å². The molecule has 2 aromatic rings. The zero-order chi connectivity index (χ0) is 13.2. The van der Waals surface area contributed by atoms with Gasteiger partial charge in [-0.1, -0.05) is 41.9 Å². The van der Waals surface area contributed by atoms with Crippen molar-refractivity contribution in [1.29, 1.82) is 0 Å². The minimum atomic E-state index is 0.838. The average molecular weight is 289 g/mol. The first-order valence-corrected chi connectivity index (χ1v) is 7.88. The zero-order valence-electron chi connectivity index (χ0n) is 10.8. The third kappa shape index (κ3) is 2.60. The number of hydrogen-bond acceptors (Lipinski definition) is 2. The van der Waals surface area contributed by atoms with Crippen LogP contribution in [0.15, 0.2) is 53.4 Å². The highest BCUT2D eigenvalue weighted by Gasteiger charge is 2.28. The smallest absolute Gasteiger partial charge is 0.157 e. The Kier molecular flexibility index (Phi) is 3.72. The molecular weight excluding hydrogens is 274 g/mol. The van der Waals surface area contributed by atoms with Gasteiger partial charge in [0.05, 0.1) is 0 Å². The Bertz CT molecular complexity index is 567. The molecule has 2 aromatic carbocycles. The maximum Gasteiger partial charge on any atom is 0.157 e. The maximum atomic E-state index is 6.39. The first-order chi connectivity index (χ1) is 9.28. The first kappa shape index (κ1) is 12.9. The van der Waals surface area contributed by atoms with Gasteiger partial charge in [0.2, 0.25) is 0 Å². The molecule has 3 rings (SSSR count). The molecule has 0 atom stereocenters. The minimum absolute atomic E-state index is 0.838. The molecular formula is C16H15ClNS. The van der Waals surface area contributed by atoms with Crippen molar-refractivity contribution in [3.8, 4) is 0 Å². The number of thioether (sulfide) groups is 1. The van der Waals surface area contributed by atoms with Gasteiger partial charge in [0.15, 0.2) is 5.50 Å². The van der Waals surface area contributed by atoms with E-state index < -0.39 is 0 Å². The fraction of sp³-hybridized carbons (Fsp3) is 0.188. The van der Waals surface area contributed by atoms with Crippen molar-refractivity contribution < 1.29 is 0 Å². The summed E-state index contributed by atoms with van der Waals surface area (Å²) in [5.74, 6) is 0. The van der Waals surface area contributed by atoms with Gasteiger partial charge >= 0.3 is 0 Å². The lowest BCUT2D eigenvalue weighted by molar-refractivity contribution is 0.890. The number of hydrogen-bond donors (Lipinski definition) is 0. The van der Waals surface area contributed by atoms with E-state index in [1.54, 1.807) is 11.8 Å². The lowest BCUT2D eigenvalue weighted by Gasteiger charge is -2.22. The second-order valence-corrected chi connectivity index (χ2v) is 5.93. The molecule has 0 saturated carbocycles. The molecule has 1 radical (unpaired) electrons. The van der Waals surface area contributed by atoms with Gasteiger partial charge in [0.25, 0.3) is 0 Å². The minimum Gasteiger partial charge on any atom is -0.345 e. The summed E-state index contributed by atoms with van der Waals surface area (Å²) >= 11 is 8.15. The molecule has 0 spiro atoms. The van der Waals surface area contributed by atoms with Crippen molar-refractivity contribution >= 4 is 29.1 Å². The van der Waals surface area contributed by atoms with Crippen LogP contribution in [0.25, 0.3) is 0 Å². The predicted octanol–water partition coefficient (Wildman–Crippen LogP) is 4.70. The molecule has 0 amide bonds. The summed E-state index contributed by atoms with van der Waals surface area (Å²) < 4.78 is 0. The van der Waals surface area contributed by atoms with Gasteiger partial charge in [0.1, 0.15) is 0 Å². The zero-order valence-corrected chi connectivity index (χ0v) is 12.3. The summed E-state index contributed by atoms with van der Waals surface area (Å²) in [7, 11) is 0. The third-order valence-corrected chi connectivity index (χ3v) is 4.49. The molecule has 97 valence electrons. The second-order valence-electron chi connectivity index (χ2n) is 4.62. The molecule has 1 aliphatic rings. The van der Waals surface area contributed by atoms with Crippen LogP contribution in [0.1, 0.15) is 11.1 Å². The van der Waals surface area contributed by atoms with Crippen LogP contribution >= 0.6 is 23.4 Å². The summed E-state index contributed by atoms with van der Waals surface area (Å²) in [5, 5.41) is 0. The summed E-state index contributed by atoms with van der Waals surface area (Å²) in [6.45, 7) is 0.838. The highest BCUT2D eigenvalue weighted by Crippen LogP contribution is 2.39. The third-order valence-electron chi connectivity index (χ3n) is 3.41. The van der Waals surface area contributed by atoms with Crippen molar-refractivity contribution in [2.75, 3.05) is 11.2 Å². The predicted molar refractivity (Wildman–Crippen MR) is 83.6 cm³/mol. The maximum absolute atomic E-state index is 6.39. The van der Waals surface area contributed by atoms with E-state index in [1.807, 2.05) is 0 Å². The Labute approximate surface area is 123 Å². The lowest BCUT2D eigenvalue weighted by Crippen LogP contribution is -2.20. The van der Waals surface area contributed by atoms with Gasteiger partial charge in [-0.3, -0.25) is 0 Å². The SMILES string of the molecule is CSc1ccc(CN2[C](Cl)Cc3ccccc32)cc1. The number of benzene rings is 2. The van der Waals surface area contributed by atoms with Gasteiger partial charge in [0, 0.05) is 23.5 Å². The molecule has 0 aromatic heterocycles. The van der Waals surface area contributed by atoms with Crippen molar-refractivity contribution in [2.45, 2.75) is 17.9 Å². The molecule has 19 heavy (non-hydrogen) atoms. The van der Waals surface area contributed by atoms with Gasteiger partial charge in [-0.2, -0.15) is 0 Å². The van der Waals surface area contributed by atoms with Crippen LogP contribution in [0, 0.1) is 5.50 Å². The molecule has 1 heterocycles. The van der Waals surface area contributed by atoms with Crippen molar-refractivity contribution in [2.24, 2.45) is 0 Å². The molecule has 0 N–H and O–H groups in total. The van der Waals surface area contributed by atoms with Crippen LogP contribution in [0.2, 0.25) is 0 Å². The summed E-state index contributed by atoms with van der Waals surface area (Å²) in [4.78, 5) is 3.49. The number of rotatable bonds is 3. The summed E-state index contributed by atoms with van der Waals surface area (Å²) in [6, 6.07) is 17.1. The van der Waals surface area contributed by atoms with E-state index in [-0.39, 0.29) is 0 Å². The Balaban J connectivity index is 1.82. The van der Waals surface area contributed by atoms with E-state index in [0.717, 1.165) is 18.5 Å². The monoisotopic (exact) mass is 288 g/mol. The highest BCUT2D eigenvalue weighted by molar-refractivity contribution is 7.98. The Hall–Kier alpha value is -1.12. The highest BCUT2D eigenvalue weighted by atomic mass is 35.5. The van der Waals surface area contributed by atoms with Crippen LogP contribution in [0.5, 0.6) is 0 Å². The van der Waals surface area contributed by atoms with Crippen LogP contribution in [-0.2, 0) is 13.0 Å². The van der Waals surface area contributed by atoms with Gasteiger partial charge in [-0.25, -0.2) is 0 Å². The Morgan fingerprint density at radius 3 is 2.58 bits per heavy atom. The Morgan fingerprint density at radius 1 is 1.11 bits per heavy atom. The quantitative estimate of drug-likeness (QED) is 0.595. The van der Waals surface area contributed by atoms with Gasteiger partial charge < -0.3 is 4.90 Å². The number of para-hydroxylation sites is 1. The van der Waals surface area contributed by atoms with Crippen LogP contribution < -0.4 is 4.90 Å². The standard InChI is InChI=1S/C16H15ClNS/c1-19-14-8-6-12(7-9-14)11-18-15-5-3-2-4-13(15)10-16(18)17/h2-9H,10-11H2,1H3. The first-order valence-electron chi connectivity index (χ1n) is 6.27. The van der Waals surface area contributed by atoms with Crippen molar-refractivity contribution in [3.63, 3.8) is 0 Å². The molecule has 1 aliphatic heterocycles. The summed E-state index contributed by atoms with van der Waals surface area (Å²) in [6.07, 6.45) is 2.94. The molecule has 0 aliphatic carbocycles. The molecule has 0 unspecified atom stereocenters. The van der Waals surface area contributed by atoms with E-state index in [0.29, 0.717) is 0 Å². The van der Waals surface area contributed by atoms with E-state index in [2.05, 4.69) is 59.7 Å². The van der Waals surface area contributed by atoms with E-state index in [9.17, 15) is 0 Å². The normalized spacial score (nSPS) is 14.7. The molecule has 0 bridgehead atoms.